The minimum Gasteiger partial charge on any atom is -0.410 e. The highest BCUT2D eigenvalue weighted by Crippen LogP contribution is 2.54. The third kappa shape index (κ3) is 8.95. The average molecular weight is 878 g/mol. The minimum atomic E-state index is -2.30. The van der Waals surface area contributed by atoms with E-state index in [4.69, 9.17) is 44.4 Å². The maximum atomic E-state index is 7.84. The second-order valence-corrected chi connectivity index (χ2v) is 29.1. The average Bonchev–Trinajstić information content (AvgIpc) is 3.51. The van der Waals surface area contributed by atoms with Gasteiger partial charge in [0, 0.05) is 30.1 Å². The van der Waals surface area contributed by atoms with Crippen molar-refractivity contribution in [3.63, 3.8) is 0 Å². The van der Waals surface area contributed by atoms with Crippen LogP contribution in [0, 0.1) is 41.4 Å². The van der Waals surface area contributed by atoms with Crippen molar-refractivity contribution in [2.45, 2.75) is 228 Å². The lowest BCUT2D eigenvalue weighted by Crippen LogP contribution is -2.65. The molecule has 19 atom stereocenters. The fraction of sp³-hybridized carbons (Fsp3) is 0.878. The molecule has 1 aromatic carbocycles. The third-order valence-corrected chi connectivity index (χ3v) is 24.3. The Hall–Kier alpha value is -0.203. The lowest BCUT2D eigenvalue weighted by Gasteiger charge is -2.57. The van der Waals surface area contributed by atoms with E-state index in [0.717, 1.165) is 45.1 Å². The molecule has 0 saturated carbocycles. The van der Waals surface area contributed by atoms with Gasteiger partial charge in [-0.25, -0.2) is 0 Å². The summed E-state index contributed by atoms with van der Waals surface area (Å²) in [5.41, 5.74) is 0.825. The summed E-state index contributed by atoms with van der Waals surface area (Å²) in [6.07, 6.45) is 4.76. The number of alkyl halides is 1. The monoisotopic (exact) mass is 877 g/mol. The molecular weight excluding hydrogens is 796 g/mol. The summed E-state index contributed by atoms with van der Waals surface area (Å²) in [4.78, 5) is 1.19. The van der Waals surface area contributed by atoms with Crippen LogP contribution in [0.3, 0.4) is 0 Å². The van der Waals surface area contributed by atoms with Crippen LogP contribution in [0.2, 0.25) is 16.6 Å². The van der Waals surface area contributed by atoms with Crippen LogP contribution in [0.25, 0.3) is 0 Å². The fourth-order valence-electron chi connectivity index (χ4n) is 12.9. The standard InChI is InChI=1S/C49H81ClO7SSi/c1-27(2)59(28(3)4,29(5)6)57-43-24-40-41(55-48(43,14)32(9)22-44(50)58-37-18-16-15-17-19-37)21-30(7)20-38-39(52-40)23-42-45(53-38)33(10)34(11)47-46(54-42)35(12)36(13)49(56-47)25-31(8)26-51-49/h15-19,27-36,38-47H,20-26H2,1-14H3/t30-,31+,32-,33+,34+,35+,36+,38+,39-,40+,41-,42+,43+,44?,45-,46-,47+,48+,49-/m1/s1. The van der Waals surface area contributed by atoms with Gasteiger partial charge in [0.05, 0.1) is 71.9 Å². The molecule has 7 nitrogen and oxygen atoms in total. The Labute approximate surface area is 369 Å². The van der Waals surface area contributed by atoms with Crippen LogP contribution in [-0.2, 0) is 32.8 Å². The first-order valence-electron chi connectivity index (χ1n) is 23.8. The van der Waals surface area contributed by atoms with E-state index in [1.165, 1.54) is 4.90 Å². The van der Waals surface area contributed by atoms with Gasteiger partial charge in [-0.1, -0.05) is 108 Å². The number of thioether (sulfide) groups is 1. The molecule has 6 aliphatic rings. The quantitative estimate of drug-likeness (QED) is 0.131. The molecule has 0 bridgehead atoms. The van der Waals surface area contributed by atoms with Gasteiger partial charge >= 0.3 is 0 Å². The maximum Gasteiger partial charge on any atom is 0.200 e. The van der Waals surface area contributed by atoms with Crippen molar-refractivity contribution in [3.8, 4) is 0 Å². The summed E-state index contributed by atoms with van der Waals surface area (Å²) in [6, 6.07) is 10.5. The Bertz CT molecular complexity index is 1510. The Balaban J connectivity index is 1.16. The van der Waals surface area contributed by atoms with E-state index in [0.29, 0.717) is 34.4 Å². The number of fused-ring (bicyclic) bond motifs is 4. The van der Waals surface area contributed by atoms with E-state index in [1.54, 1.807) is 11.8 Å². The smallest absolute Gasteiger partial charge is 0.200 e. The van der Waals surface area contributed by atoms with Crippen molar-refractivity contribution in [3.05, 3.63) is 30.3 Å². The van der Waals surface area contributed by atoms with Gasteiger partial charge in [-0.15, -0.1) is 23.4 Å². The second-order valence-electron chi connectivity index (χ2n) is 21.7. The topological polar surface area (TPSA) is 64.6 Å². The Morgan fingerprint density at radius 3 is 1.92 bits per heavy atom. The van der Waals surface area contributed by atoms with Crippen LogP contribution in [0.1, 0.15) is 135 Å². The molecule has 6 fully saturated rings. The number of benzene rings is 1. The van der Waals surface area contributed by atoms with Crippen LogP contribution >= 0.6 is 23.4 Å². The van der Waals surface area contributed by atoms with Crippen molar-refractivity contribution in [2.24, 2.45) is 41.4 Å². The SMILES string of the molecule is CC(C)[Si](O[C@H]1C[C@@H]2O[C@@H]3C[C@@H]4O[C@@H]5[C@@H](C)[C@H](C)[C@@]6(C[C@H](C)CO6)O[C@H]5[C@@H](C)[C@H](C)[C@H]4O[C@H]3C[C@@H](C)C[C@H]2O[C@@]1(C)[C@H](C)CC(Cl)Sc1ccccc1)(C(C)C)C(C)C. The molecule has 0 aliphatic carbocycles. The Kier molecular flexibility index (Phi) is 14.5. The number of halogens is 1. The normalized spacial score (nSPS) is 45.2. The van der Waals surface area contributed by atoms with E-state index >= 15 is 0 Å². The Morgan fingerprint density at radius 2 is 1.29 bits per heavy atom. The molecule has 7 rings (SSSR count). The first-order valence-corrected chi connectivity index (χ1v) is 27.2. The van der Waals surface area contributed by atoms with E-state index in [2.05, 4.69) is 127 Å². The minimum absolute atomic E-state index is 0.00211. The highest BCUT2D eigenvalue weighted by molar-refractivity contribution is 8.01. The lowest BCUT2D eigenvalue weighted by atomic mass is 9.73. The summed E-state index contributed by atoms with van der Waals surface area (Å²) in [6.45, 7) is 33.8. The molecule has 6 saturated heterocycles. The highest BCUT2D eigenvalue weighted by atomic mass is 35.5. The molecule has 10 heteroatoms. The molecule has 59 heavy (non-hydrogen) atoms. The zero-order valence-corrected chi connectivity index (χ0v) is 41.6. The van der Waals surface area contributed by atoms with Gasteiger partial charge in [0.25, 0.3) is 0 Å². The highest BCUT2D eigenvalue weighted by Gasteiger charge is 2.61. The molecule has 6 heterocycles. The van der Waals surface area contributed by atoms with E-state index < -0.39 is 19.7 Å². The van der Waals surface area contributed by atoms with Gasteiger partial charge in [-0.2, -0.15) is 0 Å². The van der Waals surface area contributed by atoms with Crippen molar-refractivity contribution < 1.29 is 32.8 Å². The van der Waals surface area contributed by atoms with Crippen molar-refractivity contribution >= 4 is 31.7 Å². The van der Waals surface area contributed by atoms with Gasteiger partial charge in [-0.3, -0.25) is 0 Å². The summed E-state index contributed by atoms with van der Waals surface area (Å²) in [7, 11) is -2.30. The number of ether oxygens (including phenoxy) is 6. The van der Waals surface area contributed by atoms with Gasteiger partial charge in [-0.05, 0) is 90.4 Å². The van der Waals surface area contributed by atoms with Crippen LogP contribution in [0.5, 0.6) is 0 Å². The van der Waals surface area contributed by atoms with Crippen LogP contribution in [-0.4, -0.2) is 86.0 Å². The molecular formula is C49H81ClO7SSi. The van der Waals surface area contributed by atoms with Gasteiger partial charge in [0.2, 0.25) is 8.32 Å². The first-order chi connectivity index (χ1) is 27.8. The largest absolute Gasteiger partial charge is 0.410 e. The predicted octanol–water partition coefficient (Wildman–Crippen LogP) is 12.3. The summed E-state index contributed by atoms with van der Waals surface area (Å²) in [5, 5.41) is 0. The fourth-order valence-corrected chi connectivity index (χ4v) is 20.1. The number of hydrogen-bond acceptors (Lipinski definition) is 8. The van der Waals surface area contributed by atoms with Crippen LogP contribution < -0.4 is 0 Å². The molecule has 0 amide bonds. The van der Waals surface area contributed by atoms with E-state index in [-0.39, 0.29) is 83.3 Å². The molecule has 1 aromatic rings. The number of hydrogen-bond donors (Lipinski definition) is 0. The Morgan fingerprint density at radius 1 is 0.695 bits per heavy atom. The van der Waals surface area contributed by atoms with E-state index in [1.807, 2.05) is 0 Å². The third-order valence-electron chi connectivity index (χ3n) is 16.8. The predicted molar refractivity (Wildman–Crippen MR) is 243 cm³/mol. The first kappa shape index (κ1) is 46.8. The van der Waals surface area contributed by atoms with Gasteiger partial charge < -0.3 is 32.8 Å². The van der Waals surface area contributed by atoms with Crippen molar-refractivity contribution in [1.82, 2.24) is 0 Å². The van der Waals surface area contributed by atoms with E-state index in [9.17, 15) is 0 Å². The summed E-state index contributed by atoms with van der Waals surface area (Å²) >= 11 is 8.94. The molecule has 336 valence electrons. The summed E-state index contributed by atoms with van der Waals surface area (Å²) < 4.78 is 51.1. The molecule has 1 spiro atoms. The maximum absolute atomic E-state index is 7.84. The molecule has 0 aromatic heterocycles. The molecule has 6 aliphatic heterocycles. The molecule has 0 radical (unpaired) electrons. The lowest BCUT2D eigenvalue weighted by molar-refractivity contribution is -0.335. The van der Waals surface area contributed by atoms with Crippen molar-refractivity contribution in [2.75, 3.05) is 6.61 Å². The summed E-state index contributed by atoms with van der Waals surface area (Å²) in [5.74, 6) is 1.61. The number of rotatable bonds is 10. The van der Waals surface area contributed by atoms with Crippen LogP contribution in [0.15, 0.2) is 35.2 Å². The van der Waals surface area contributed by atoms with Crippen molar-refractivity contribution in [1.29, 1.82) is 0 Å². The van der Waals surface area contributed by atoms with Gasteiger partial charge in [0.1, 0.15) is 0 Å². The van der Waals surface area contributed by atoms with Gasteiger partial charge in [0.15, 0.2) is 5.79 Å². The molecule has 1 unspecified atom stereocenters. The molecule has 0 N–H and O–H groups in total. The second kappa shape index (κ2) is 18.4. The zero-order chi connectivity index (χ0) is 42.8. The van der Waals surface area contributed by atoms with Crippen LogP contribution in [0.4, 0.5) is 0 Å². The zero-order valence-electron chi connectivity index (χ0n) is 39.0.